The van der Waals surface area contributed by atoms with Crippen molar-refractivity contribution in [3.8, 4) is 0 Å². The third-order valence-electron chi connectivity index (χ3n) is 2.81. The van der Waals surface area contributed by atoms with Crippen LogP contribution in [0.15, 0.2) is 12.3 Å². The van der Waals surface area contributed by atoms with E-state index in [1.54, 1.807) is 20.8 Å². The third-order valence-corrected chi connectivity index (χ3v) is 4.67. The SMILES string of the molecule is CN(C)Cc1cnc([C@@H](N[S+]([O-])C(C)(C)C)C(F)(F)F)c(Cl)c1. The molecule has 23 heavy (non-hydrogen) atoms. The number of alkyl halides is 3. The molecule has 0 aliphatic rings. The highest BCUT2D eigenvalue weighted by molar-refractivity contribution is 7.90. The van der Waals surface area contributed by atoms with E-state index in [4.69, 9.17) is 11.6 Å². The monoisotopic (exact) mass is 371 g/mol. The van der Waals surface area contributed by atoms with E-state index in [0.717, 1.165) is 0 Å². The van der Waals surface area contributed by atoms with Gasteiger partial charge in [-0.25, -0.2) is 0 Å². The van der Waals surface area contributed by atoms with E-state index in [1.807, 2.05) is 19.0 Å². The summed E-state index contributed by atoms with van der Waals surface area (Å²) in [7, 11) is 3.66. The highest BCUT2D eigenvalue weighted by Gasteiger charge is 2.47. The fourth-order valence-corrected chi connectivity index (χ4v) is 2.82. The van der Waals surface area contributed by atoms with Crippen LogP contribution in [0.2, 0.25) is 5.02 Å². The van der Waals surface area contributed by atoms with Crippen molar-refractivity contribution < 1.29 is 17.7 Å². The first-order chi connectivity index (χ1) is 10.3. The molecule has 0 aliphatic carbocycles. The highest BCUT2D eigenvalue weighted by Crippen LogP contribution is 2.36. The molecule has 132 valence electrons. The van der Waals surface area contributed by atoms with E-state index in [-0.39, 0.29) is 10.7 Å². The first-order valence-corrected chi connectivity index (χ1v) is 8.39. The van der Waals surface area contributed by atoms with Gasteiger partial charge in [-0.3, -0.25) is 4.98 Å². The Kier molecular flexibility index (Phi) is 6.74. The fraction of sp³-hybridized carbons (Fsp3) is 0.643. The lowest BCUT2D eigenvalue weighted by molar-refractivity contribution is -0.153. The quantitative estimate of drug-likeness (QED) is 0.805. The van der Waals surface area contributed by atoms with Gasteiger partial charge in [0.15, 0.2) is 6.04 Å². The number of pyridine rings is 1. The van der Waals surface area contributed by atoms with Crippen molar-refractivity contribution in [3.63, 3.8) is 0 Å². The minimum absolute atomic E-state index is 0.106. The van der Waals surface area contributed by atoms with Gasteiger partial charge in [0.05, 0.1) is 10.7 Å². The summed E-state index contributed by atoms with van der Waals surface area (Å²) in [4.78, 5) is 5.71. The molecular weight excluding hydrogens is 351 g/mol. The van der Waals surface area contributed by atoms with Gasteiger partial charge in [-0.1, -0.05) is 11.6 Å². The van der Waals surface area contributed by atoms with Crippen molar-refractivity contribution in [3.05, 3.63) is 28.5 Å². The van der Waals surface area contributed by atoms with Crippen molar-refractivity contribution in [2.75, 3.05) is 14.1 Å². The fourth-order valence-electron chi connectivity index (χ4n) is 1.71. The molecule has 1 N–H and O–H groups in total. The molecule has 0 saturated heterocycles. The molecule has 0 bridgehead atoms. The van der Waals surface area contributed by atoms with Gasteiger partial charge in [0.25, 0.3) is 0 Å². The van der Waals surface area contributed by atoms with E-state index in [0.29, 0.717) is 12.1 Å². The molecule has 1 aromatic rings. The summed E-state index contributed by atoms with van der Waals surface area (Å²) in [6, 6.07) is -0.743. The van der Waals surface area contributed by atoms with E-state index in [9.17, 15) is 17.7 Å². The zero-order valence-electron chi connectivity index (χ0n) is 13.7. The van der Waals surface area contributed by atoms with Crippen LogP contribution in [0.4, 0.5) is 13.2 Å². The maximum atomic E-state index is 13.3. The Bertz CT molecular complexity index is 535. The number of halogens is 4. The van der Waals surface area contributed by atoms with Crippen molar-refractivity contribution in [2.45, 2.75) is 44.3 Å². The number of rotatable bonds is 5. The van der Waals surface area contributed by atoms with E-state index >= 15 is 0 Å². The van der Waals surface area contributed by atoms with Gasteiger partial charge in [0.1, 0.15) is 4.75 Å². The molecule has 0 spiro atoms. The molecule has 4 nitrogen and oxygen atoms in total. The van der Waals surface area contributed by atoms with Crippen molar-refractivity contribution in [2.24, 2.45) is 0 Å². The first kappa shape index (κ1) is 20.5. The Hall–Kier alpha value is -0.540. The van der Waals surface area contributed by atoms with Gasteiger partial charge in [0.2, 0.25) is 0 Å². The largest absolute Gasteiger partial charge is 0.598 e. The molecule has 0 amide bonds. The topological polar surface area (TPSA) is 51.2 Å². The summed E-state index contributed by atoms with van der Waals surface area (Å²) in [5.41, 5.74) is 0.320. The second-order valence-corrected chi connectivity index (χ2v) is 8.83. The average Bonchev–Trinajstić information content (AvgIpc) is 2.33. The van der Waals surface area contributed by atoms with Crippen LogP contribution in [0.1, 0.15) is 38.1 Å². The Labute approximate surface area is 142 Å². The third kappa shape index (κ3) is 6.11. The summed E-state index contributed by atoms with van der Waals surface area (Å²) >= 11 is 4.08. The summed E-state index contributed by atoms with van der Waals surface area (Å²) in [6.45, 7) is 5.25. The van der Waals surface area contributed by atoms with Crippen LogP contribution in [-0.4, -0.2) is 39.5 Å². The minimum atomic E-state index is -4.67. The lowest BCUT2D eigenvalue weighted by Crippen LogP contribution is -2.46. The molecular formula is C14H21ClF3N3OS. The van der Waals surface area contributed by atoms with Crippen LogP contribution < -0.4 is 4.72 Å². The minimum Gasteiger partial charge on any atom is -0.598 e. The van der Waals surface area contributed by atoms with Gasteiger partial charge in [-0.15, -0.1) is 4.72 Å². The molecule has 9 heteroatoms. The summed E-state index contributed by atoms with van der Waals surface area (Å²) < 4.78 is 53.3. The maximum Gasteiger partial charge on any atom is 0.413 e. The van der Waals surface area contributed by atoms with Gasteiger partial charge in [0, 0.05) is 24.1 Å². The van der Waals surface area contributed by atoms with Crippen LogP contribution in [-0.2, 0) is 17.9 Å². The van der Waals surface area contributed by atoms with Crippen LogP contribution in [0.25, 0.3) is 0 Å². The Morgan fingerprint density at radius 1 is 1.35 bits per heavy atom. The number of nitrogens with zero attached hydrogens (tertiary/aromatic N) is 2. The van der Waals surface area contributed by atoms with Gasteiger partial charge >= 0.3 is 6.18 Å². The maximum absolute atomic E-state index is 13.3. The molecule has 0 radical (unpaired) electrons. The Balaban J connectivity index is 3.14. The normalized spacial score (nSPS) is 15.8. The van der Waals surface area contributed by atoms with Crippen LogP contribution in [0.5, 0.6) is 0 Å². The van der Waals surface area contributed by atoms with Crippen LogP contribution in [0.3, 0.4) is 0 Å². The predicted octanol–water partition coefficient (Wildman–Crippen LogP) is 3.45. The molecule has 1 heterocycles. The summed E-state index contributed by atoms with van der Waals surface area (Å²) in [6.07, 6.45) is -3.32. The van der Waals surface area contributed by atoms with Gasteiger partial charge < -0.3 is 9.45 Å². The first-order valence-electron chi connectivity index (χ1n) is 6.86. The number of aromatic nitrogens is 1. The molecule has 1 rings (SSSR count). The highest BCUT2D eigenvalue weighted by atomic mass is 35.5. The Morgan fingerprint density at radius 3 is 2.30 bits per heavy atom. The average molecular weight is 372 g/mol. The van der Waals surface area contributed by atoms with E-state index < -0.39 is 28.3 Å². The number of hydrogen-bond donors (Lipinski definition) is 1. The zero-order chi connectivity index (χ0) is 18.0. The van der Waals surface area contributed by atoms with Crippen molar-refractivity contribution >= 4 is 23.0 Å². The van der Waals surface area contributed by atoms with E-state index in [2.05, 4.69) is 9.71 Å². The lowest BCUT2D eigenvalue weighted by atomic mass is 10.1. The summed E-state index contributed by atoms with van der Waals surface area (Å²) in [5, 5.41) is -0.106. The molecule has 2 atom stereocenters. The smallest absolute Gasteiger partial charge is 0.413 e. The molecule has 0 aliphatic heterocycles. The Morgan fingerprint density at radius 2 is 1.91 bits per heavy atom. The second-order valence-electron chi connectivity index (χ2n) is 6.42. The molecule has 0 aromatic carbocycles. The molecule has 1 aromatic heterocycles. The molecule has 1 unspecified atom stereocenters. The van der Waals surface area contributed by atoms with Gasteiger partial charge in [-0.2, -0.15) is 13.2 Å². The number of hydrogen-bond acceptors (Lipinski definition) is 4. The van der Waals surface area contributed by atoms with Crippen LogP contribution in [0, 0.1) is 0 Å². The van der Waals surface area contributed by atoms with Crippen molar-refractivity contribution in [1.82, 2.24) is 14.6 Å². The van der Waals surface area contributed by atoms with Crippen molar-refractivity contribution in [1.29, 1.82) is 0 Å². The predicted molar refractivity (Wildman–Crippen MR) is 86.5 cm³/mol. The van der Waals surface area contributed by atoms with Crippen LogP contribution >= 0.6 is 11.6 Å². The molecule has 0 saturated carbocycles. The second kappa shape index (κ2) is 7.57. The molecule has 0 fully saturated rings. The standard InChI is InChI=1S/C14H21ClF3N3OS/c1-13(2,3)23(22)20-12(14(16,17)18)11-10(15)6-9(7-19-11)8-21(4)5/h6-7,12,20H,8H2,1-5H3/t12-,23?/m1/s1. The summed E-state index contributed by atoms with van der Waals surface area (Å²) in [5.74, 6) is 0. The van der Waals surface area contributed by atoms with Gasteiger partial charge in [-0.05, 0) is 46.5 Å². The van der Waals surface area contributed by atoms with E-state index in [1.165, 1.54) is 12.3 Å². The lowest BCUT2D eigenvalue weighted by Gasteiger charge is -2.29. The zero-order valence-corrected chi connectivity index (χ0v) is 15.2. The number of nitrogens with one attached hydrogen (secondary N) is 1.